The van der Waals surface area contributed by atoms with Crippen LogP contribution in [0.3, 0.4) is 0 Å². The summed E-state index contributed by atoms with van der Waals surface area (Å²) >= 11 is 0. The number of carbonyl (C=O) groups excluding carboxylic acids is 1. The summed E-state index contributed by atoms with van der Waals surface area (Å²) in [5, 5.41) is 8.47. The van der Waals surface area contributed by atoms with Gasteiger partial charge in [0.2, 0.25) is 0 Å². The summed E-state index contributed by atoms with van der Waals surface area (Å²) in [6, 6.07) is 0. The van der Waals surface area contributed by atoms with E-state index in [1.807, 2.05) is 0 Å². The molecule has 0 unspecified atom stereocenters. The number of aliphatic hydroxyl groups excluding tert-OH is 1. The van der Waals surface area contributed by atoms with Crippen LogP contribution in [0.1, 0.15) is 93.3 Å². The van der Waals surface area contributed by atoms with Gasteiger partial charge in [-0.05, 0) is 24.7 Å². The van der Waals surface area contributed by atoms with Crippen molar-refractivity contribution in [1.82, 2.24) is 0 Å². The molecule has 0 aliphatic rings. The number of rotatable bonds is 12. The Bertz CT molecular complexity index is 182. The van der Waals surface area contributed by atoms with Gasteiger partial charge in [-0.15, -0.1) is 0 Å². The molecule has 0 rings (SSSR count). The second kappa shape index (κ2) is 18.6. The van der Waals surface area contributed by atoms with Crippen molar-refractivity contribution < 1.29 is 11.3 Å². The fourth-order valence-corrected chi connectivity index (χ4v) is 1.97. The zero-order chi connectivity index (χ0) is 15.6. The van der Waals surface area contributed by atoms with E-state index in [0.29, 0.717) is 6.61 Å². The van der Waals surface area contributed by atoms with Crippen molar-refractivity contribution in [3.63, 3.8) is 0 Å². The quantitative estimate of drug-likeness (QED) is 0.373. The number of hydrogen-bond donors (Lipinski definition) is 1. The van der Waals surface area contributed by atoms with Crippen LogP contribution in [0.2, 0.25) is 0 Å². The number of aliphatic hydroxyl groups is 1. The Labute approximate surface area is 128 Å². The van der Waals surface area contributed by atoms with Crippen LogP contribution < -0.4 is 0 Å². The van der Waals surface area contributed by atoms with Crippen LogP contribution in [0.4, 0.5) is 0 Å². The minimum absolute atomic E-state index is 0. The van der Waals surface area contributed by atoms with Gasteiger partial charge in [-0.2, -0.15) is 0 Å². The fraction of sp³-hybridized carbons (Fsp3) is 0.944. The van der Waals surface area contributed by atoms with Crippen LogP contribution >= 0.6 is 0 Å². The van der Waals surface area contributed by atoms with Crippen LogP contribution in [0.25, 0.3) is 0 Å². The Hall–Kier alpha value is -0.370. The molecule has 0 bridgehead atoms. The van der Waals surface area contributed by atoms with Gasteiger partial charge in [-0.25, -0.2) is 0 Å². The maximum absolute atomic E-state index is 9.90. The van der Waals surface area contributed by atoms with E-state index >= 15 is 0 Å². The minimum atomic E-state index is 0. The van der Waals surface area contributed by atoms with E-state index in [9.17, 15) is 4.79 Å². The molecule has 2 nitrogen and oxygen atoms in total. The lowest BCUT2D eigenvalue weighted by Gasteiger charge is -2.02. The Balaban J connectivity index is -0.000000295. The highest BCUT2D eigenvalue weighted by atomic mass is 16.2. The average molecular weight is 289 g/mol. The van der Waals surface area contributed by atoms with Crippen LogP contribution in [0.15, 0.2) is 0 Å². The fourth-order valence-electron chi connectivity index (χ4n) is 1.97. The summed E-state index contributed by atoms with van der Waals surface area (Å²) < 4.78 is 0. The van der Waals surface area contributed by atoms with Crippen molar-refractivity contribution in [2.45, 2.75) is 91.9 Å². The molecule has 0 saturated heterocycles. The molecule has 0 heterocycles. The van der Waals surface area contributed by atoms with Crippen LogP contribution in [-0.2, 0) is 4.79 Å². The Morgan fingerprint density at radius 3 is 1.65 bits per heavy atom. The lowest BCUT2D eigenvalue weighted by atomic mass is 10.0. The van der Waals surface area contributed by atoms with Gasteiger partial charge < -0.3 is 9.90 Å². The molecule has 0 aromatic rings. The number of aldehydes is 1. The molecule has 0 aromatic heterocycles. The molecule has 0 aliphatic heterocycles. The Kier molecular flexibility index (Phi) is 20.4. The van der Waals surface area contributed by atoms with Gasteiger partial charge in [0, 0.05) is 14.5 Å². The molecule has 0 spiro atoms. The maximum atomic E-state index is 9.90. The molecule has 0 saturated carbocycles. The van der Waals surface area contributed by atoms with Gasteiger partial charge in [-0.1, -0.05) is 72.6 Å². The van der Waals surface area contributed by atoms with Crippen LogP contribution in [-0.4, -0.2) is 18.0 Å². The van der Waals surface area contributed by atoms with Crippen molar-refractivity contribution in [2.24, 2.45) is 11.8 Å². The summed E-state index contributed by atoms with van der Waals surface area (Å²) in [6.45, 7) is 9.35. The number of carbonyl (C=O) groups is 1. The molecule has 0 radical (unpaired) electrons. The second-order valence-corrected chi connectivity index (χ2v) is 6.52. The highest BCUT2D eigenvalue weighted by molar-refractivity contribution is 5.48. The third kappa shape index (κ3) is 26.2. The van der Waals surface area contributed by atoms with E-state index in [2.05, 4.69) is 27.7 Å². The van der Waals surface area contributed by atoms with E-state index in [4.69, 9.17) is 5.11 Å². The summed E-state index contributed by atoms with van der Waals surface area (Å²) in [5.41, 5.74) is 0. The van der Waals surface area contributed by atoms with Crippen molar-refractivity contribution in [3.05, 3.63) is 0 Å². The maximum Gasteiger partial charge on any atom is 0.119 e. The standard InChI is InChI=1S/C9H20O.C9H18O.H2/c2*1-9(2)7-5-3-4-6-8-10;/h9-10H,3-8H2,1-2H3;8-9H,3-7H2,1-2H3;1H. The molecule has 0 aliphatic carbocycles. The lowest BCUT2D eigenvalue weighted by Crippen LogP contribution is -1.88. The van der Waals surface area contributed by atoms with Gasteiger partial charge in [-0.3, -0.25) is 0 Å². The highest BCUT2D eigenvalue weighted by Gasteiger charge is 1.93. The Morgan fingerprint density at radius 1 is 0.800 bits per heavy atom. The van der Waals surface area contributed by atoms with E-state index in [1.165, 1.54) is 44.9 Å². The predicted octanol–water partition coefficient (Wildman–Crippen LogP) is 5.62. The van der Waals surface area contributed by atoms with E-state index in [0.717, 1.165) is 37.4 Å². The molecule has 0 aromatic carbocycles. The van der Waals surface area contributed by atoms with E-state index < -0.39 is 0 Å². The van der Waals surface area contributed by atoms with Crippen LogP contribution in [0.5, 0.6) is 0 Å². The van der Waals surface area contributed by atoms with Gasteiger partial charge in [0.1, 0.15) is 6.29 Å². The number of unbranched alkanes of at least 4 members (excludes halogenated alkanes) is 6. The molecule has 1 N–H and O–H groups in total. The zero-order valence-electron chi connectivity index (χ0n) is 14.4. The highest BCUT2D eigenvalue weighted by Crippen LogP contribution is 2.09. The molecule has 2 heteroatoms. The first-order valence-corrected chi connectivity index (χ1v) is 8.59. The first-order chi connectivity index (χ1) is 9.54. The normalized spacial score (nSPS) is 10.6. The molecule has 20 heavy (non-hydrogen) atoms. The topological polar surface area (TPSA) is 37.3 Å². The van der Waals surface area contributed by atoms with Gasteiger partial charge in [0.05, 0.1) is 0 Å². The average Bonchev–Trinajstić information content (AvgIpc) is 2.38. The van der Waals surface area contributed by atoms with Gasteiger partial charge in [0.15, 0.2) is 0 Å². The summed E-state index contributed by atoms with van der Waals surface area (Å²) in [6.07, 6.45) is 12.8. The SMILES string of the molecule is CC(C)CCCCCC=O.CC(C)CCCCCCO.[HH]. The molecular formula is C18H40O2. The van der Waals surface area contributed by atoms with Crippen molar-refractivity contribution in [2.75, 3.05) is 6.61 Å². The minimum Gasteiger partial charge on any atom is -0.396 e. The third-order valence-corrected chi connectivity index (χ3v) is 3.29. The molecule has 0 amide bonds. The Morgan fingerprint density at radius 2 is 1.25 bits per heavy atom. The number of hydrogen-bond acceptors (Lipinski definition) is 2. The molecular weight excluding hydrogens is 248 g/mol. The smallest absolute Gasteiger partial charge is 0.119 e. The summed E-state index contributed by atoms with van der Waals surface area (Å²) in [4.78, 5) is 9.90. The largest absolute Gasteiger partial charge is 0.396 e. The van der Waals surface area contributed by atoms with Crippen molar-refractivity contribution >= 4 is 6.29 Å². The van der Waals surface area contributed by atoms with Gasteiger partial charge in [0.25, 0.3) is 0 Å². The molecule has 0 atom stereocenters. The summed E-state index contributed by atoms with van der Waals surface area (Å²) in [7, 11) is 0. The van der Waals surface area contributed by atoms with Crippen LogP contribution in [0, 0.1) is 11.8 Å². The summed E-state index contributed by atoms with van der Waals surface area (Å²) in [5.74, 6) is 1.66. The molecule has 0 fully saturated rings. The zero-order valence-corrected chi connectivity index (χ0v) is 14.4. The third-order valence-electron chi connectivity index (χ3n) is 3.29. The molecule has 124 valence electrons. The van der Waals surface area contributed by atoms with E-state index in [-0.39, 0.29) is 1.43 Å². The second-order valence-electron chi connectivity index (χ2n) is 6.52. The monoisotopic (exact) mass is 288 g/mol. The lowest BCUT2D eigenvalue weighted by molar-refractivity contribution is -0.107. The van der Waals surface area contributed by atoms with E-state index in [1.54, 1.807) is 0 Å². The predicted molar refractivity (Wildman–Crippen MR) is 91.1 cm³/mol. The first kappa shape index (κ1) is 21.9. The van der Waals surface area contributed by atoms with Crippen molar-refractivity contribution in [3.8, 4) is 0 Å². The first-order valence-electron chi connectivity index (χ1n) is 8.59. The van der Waals surface area contributed by atoms with Crippen molar-refractivity contribution in [1.29, 1.82) is 0 Å². The van der Waals surface area contributed by atoms with Gasteiger partial charge >= 0.3 is 0 Å².